The lowest BCUT2D eigenvalue weighted by Crippen LogP contribution is -2.12. The molecule has 96 valence electrons. The first-order valence-corrected chi connectivity index (χ1v) is 6.69. The molecule has 17 heavy (non-hydrogen) atoms. The Bertz CT molecular complexity index is 372. The fourth-order valence-electron chi connectivity index (χ4n) is 2.18. The number of benzene rings is 1. The lowest BCUT2D eigenvalue weighted by atomic mass is 9.84. The SMILES string of the molecule is CCCCCc1cc(O)c(C(C)(C)C)cc1C. The van der Waals surface area contributed by atoms with E-state index in [4.69, 9.17) is 0 Å². The Balaban J connectivity index is 2.94. The molecule has 0 radical (unpaired) electrons. The van der Waals surface area contributed by atoms with E-state index in [1.807, 2.05) is 6.07 Å². The molecule has 0 atom stereocenters. The Labute approximate surface area is 106 Å². The molecule has 0 saturated carbocycles. The molecule has 0 saturated heterocycles. The van der Waals surface area contributed by atoms with Crippen LogP contribution in [0.25, 0.3) is 0 Å². The van der Waals surface area contributed by atoms with Crippen LogP contribution in [0, 0.1) is 6.92 Å². The molecule has 1 N–H and O–H groups in total. The van der Waals surface area contributed by atoms with Crippen molar-refractivity contribution in [3.05, 3.63) is 28.8 Å². The molecule has 0 aliphatic rings. The predicted octanol–water partition coefficient (Wildman–Crippen LogP) is 4.73. The zero-order chi connectivity index (χ0) is 13.1. The van der Waals surface area contributed by atoms with Crippen molar-refractivity contribution in [3.8, 4) is 5.75 Å². The Morgan fingerprint density at radius 2 is 1.76 bits per heavy atom. The van der Waals surface area contributed by atoms with Crippen LogP contribution in [0.2, 0.25) is 0 Å². The first-order chi connectivity index (χ1) is 7.86. The van der Waals surface area contributed by atoms with E-state index in [0.717, 1.165) is 12.0 Å². The van der Waals surface area contributed by atoms with Gasteiger partial charge in [0.1, 0.15) is 5.75 Å². The molecule has 1 nitrogen and oxygen atoms in total. The highest BCUT2D eigenvalue weighted by Gasteiger charge is 2.19. The summed E-state index contributed by atoms with van der Waals surface area (Å²) in [5.74, 6) is 0.453. The van der Waals surface area contributed by atoms with E-state index in [-0.39, 0.29) is 5.41 Å². The van der Waals surface area contributed by atoms with Crippen LogP contribution in [0.4, 0.5) is 0 Å². The standard InChI is InChI=1S/C16H26O/c1-6-7-8-9-13-11-15(17)14(10-12(13)2)16(3,4)5/h10-11,17H,6-9H2,1-5H3. The number of unbranched alkanes of at least 4 members (excludes halogenated alkanes) is 2. The minimum Gasteiger partial charge on any atom is -0.508 e. The van der Waals surface area contributed by atoms with E-state index in [0.29, 0.717) is 5.75 Å². The molecule has 1 rings (SSSR count). The maximum atomic E-state index is 10.1. The molecule has 1 heteroatoms. The van der Waals surface area contributed by atoms with Crippen LogP contribution in [0.3, 0.4) is 0 Å². The van der Waals surface area contributed by atoms with Crippen LogP contribution < -0.4 is 0 Å². The van der Waals surface area contributed by atoms with E-state index >= 15 is 0 Å². The van der Waals surface area contributed by atoms with Crippen molar-refractivity contribution in [2.24, 2.45) is 0 Å². The van der Waals surface area contributed by atoms with Gasteiger partial charge in [0.05, 0.1) is 0 Å². The highest BCUT2D eigenvalue weighted by atomic mass is 16.3. The highest BCUT2D eigenvalue weighted by molar-refractivity contribution is 5.44. The van der Waals surface area contributed by atoms with Crippen LogP contribution in [0.5, 0.6) is 5.75 Å². The summed E-state index contributed by atoms with van der Waals surface area (Å²) in [4.78, 5) is 0. The minimum absolute atomic E-state index is 0.0107. The van der Waals surface area contributed by atoms with Gasteiger partial charge < -0.3 is 5.11 Å². The molecule has 1 aromatic rings. The van der Waals surface area contributed by atoms with Crippen molar-refractivity contribution in [2.75, 3.05) is 0 Å². The third kappa shape index (κ3) is 3.76. The first kappa shape index (κ1) is 14.1. The van der Waals surface area contributed by atoms with Crippen LogP contribution in [0.15, 0.2) is 12.1 Å². The monoisotopic (exact) mass is 234 g/mol. The highest BCUT2D eigenvalue weighted by Crippen LogP contribution is 2.33. The largest absolute Gasteiger partial charge is 0.508 e. The van der Waals surface area contributed by atoms with Crippen molar-refractivity contribution in [1.82, 2.24) is 0 Å². The topological polar surface area (TPSA) is 20.2 Å². The maximum Gasteiger partial charge on any atom is 0.119 e. The van der Waals surface area contributed by atoms with Gasteiger partial charge in [0.2, 0.25) is 0 Å². The Morgan fingerprint density at radius 3 is 2.29 bits per heavy atom. The predicted molar refractivity (Wildman–Crippen MR) is 74.8 cm³/mol. The number of rotatable bonds is 4. The summed E-state index contributed by atoms with van der Waals surface area (Å²) in [6, 6.07) is 4.11. The first-order valence-electron chi connectivity index (χ1n) is 6.69. The number of hydrogen-bond donors (Lipinski definition) is 1. The molecular formula is C16H26O. The van der Waals surface area contributed by atoms with Gasteiger partial charge in [0.15, 0.2) is 0 Å². The van der Waals surface area contributed by atoms with E-state index in [1.54, 1.807) is 0 Å². The molecule has 0 aliphatic carbocycles. The zero-order valence-corrected chi connectivity index (χ0v) is 11.9. The van der Waals surface area contributed by atoms with Crippen LogP contribution >= 0.6 is 0 Å². The molecule has 0 amide bonds. The smallest absolute Gasteiger partial charge is 0.119 e. The summed E-state index contributed by atoms with van der Waals surface area (Å²) in [6.07, 6.45) is 4.80. The summed E-state index contributed by atoms with van der Waals surface area (Å²) in [5, 5.41) is 10.1. The maximum absolute atomic E-state index is 10.1. The normalized spacial score (nSPS) is 11.8. The third-order valence-corrected chi connectivity index (χ3v) is 3.31. The second-order valence-corrected chi connectivity index (χ2v) is 6.00. The van der Waals surface area contributed by atoms with Gasteiger partial charge in [-0.3, -0.25) is 0 Å². The molecule has 0 aromatic heterocycles. The Morgan fingerprint density at radius 1 is 1.12 bits per heavy atom. The van der Waals surface area contributed by atoms with Gasteiger partial charge in [0, 0.05) is 0 Å². The summed E-state index contributed by atoms with van der Waals surface area (Å²) in [6.45, 7) is 10.8. The van der Waals surface area contributed by atoms with Crippen molar-refractivity contribution >= 4 is 0 Å². The molecule has 0 unspecified atom stereocenters. The van der Waals surface area contributed by atoms with Crippen LogP contribution in [-0.4, -0.2) is 5.11 Å². The summed E-state index contributed by atoms with van der Waals surface area (Å²) in [7, 11) is 0. The summed E-state index contributed by atoms with van der Waals surface area (Å²) >= 11 is 0. The van der Waals surface area contributed by atoms with Gasteiger partial charge in [-0.2, -0.15) is 0 Å². The van der Waals surface area contributed by atoms with Crippen molar-refractivity contribution in [1.29, 1.82) is 0 Å². The number of phenols is 1. The van der Waals surface area contributed by atoms with Crippen molar-refractivity contribution in [2.45, 2.75) is 65.7 Å². The molecular weight excluding hydrogens is 208 g/mol. The molecule has 1 aromatic carbocycles. The minimum atomic E-state index is 0.0107. The lowest BCUT2D eigenvalue weighted by molar-refractivity contribution is 0.445. The van der Waals surface area contributed by atoms with Crippen LogP contribution in [0.1, 0.15) is 63.6 Å². The fraction of sp³-hybridized carbons (Fsp3) is 0.625. The number of aryl methyl sites for hydroxylation is 2. The molecule has 0 fully saturated rings. The zero-order valence-electron chi connectivity index (χ0n) is 11.9. The Hall–Kier alpha value is -0.980. The average molecular weight is 234 g/mol. The van der Waals surface area contributed by atoms with E-state index < -0.39 is 0 Å². The van der Waals surface area contributed by atoms with Gasteiger partial charge in [-0.1, -0.05) is 46.6 Å². The second-order valence-electron chi connectivity index (χ2n) is 6.00. The molecule has 0 spiro atoms. The number of aromatic hydroxyl groups is 1. The van der Waals surface area contributed by atoms with Gasteiger partial charge in [-0.05, 0) is 47.9 Å². The van der Waals surface area contributed by atoms with Crippen molar-refractivity contribution in [3.63, 3.8) is 0 Å². The van der Waals surface area contributed by atoms with E-state index in [2.05, 4.69) is 40.7 Å². The summed E-state index contributed by atoms with van der Waals surface area (Å²) in [5.41, 5.74) is 3.67. The quantitative estimate of drug-likeness (QED) is 0.747. The van der Waals surface area contributed by atoms with Gasteiger partial charge in [-0.25, -0.2) is 0 Å². The van der Waals surface area contributed by atoms with Gasteiger partial charge >= 0.3 is 0 Å². The van der Waals surface area contributed by atoms with Gasteiger partial charge in [0.25, 0.3) is 0 Å². The fourth-order valence-corrected chi connectivity index (χ4v) is 2.18. The van der Waals surface area contributed by atoms with E-state index in [9.17, 15) is 5.11 Å². The average Bonchev–Trinajstić information content (AvgIpc) is 2.21. The van der Waals surface area contributed by atoms with Crippen molar-refractivity contribution < 1.29 is 5.11 Å². The second kappa shape index (κ2) is 5.57. The van der Waals surface area contributed by atoms with E-state index in [1.165, 1.54) is 30.4 Å². The molecule has 0 heterocycles. The Kier molecular flexibility index (Phi) is 4.62. The van der Waals surface area contributed by atoms with Gasteiger partial charge in [-0.15, -0.1) is 0 Å². The third-order valence-electron chi connectivity index (χ3n) is 3.31. The summed E-state index contributed by atoms with van der Waals surface area (Å²) < 4.78 is 0. The van der Waals surface area contributed by atoms with Crippen LogP contribution in [-0.2, 0) is 11.8 Å². The molecule has 0 aliphatic heterocycles. The number of phenolic OH excluding ortho intramolecular Hbond substituents is 1. The number of hydrogen-bond acceptors (Lipinski definition) is 1. The lowest BCUT2D eigenvalue weighted by Gasteiger charge is -2.22. The molecule has 0 bridgehead atoms.